The second-order valence-corrected chi connectivity index (χ2v) is 8.04. The molecule has 5 heteroatoms. The third-order valence-electron chi connectivity index (χ3n) is 4.78. The van der Waals surface area contributed by atoms with Gasteiger partial charge in [0, 0.05) is 11.3 Å². The molecule has 0 saturated heterocycles. The van der Waals surface area contributed by atoms with Crippen molar-refractivity contribution in [3.63, 3.8) is 0 Å². The van der Waals surface area contributed by atoms with E-state index in [1.54, 1.807) is 0 Å². The summed E-state index contributed by atoms with van der Waals surface area (Å²) in [6.07, 6.45) is 6.48. The van der Waals surface area contributed by atoms with Crippen LogP contribution in [-0.2, 0) is 5.54 Å². The van der Waals surface area contributed by atoms with Crippen LogP contribution >= 0.6 is 0 Å². The van der Waals surface area contributed by atoms with Crippen molar-refractivity contribution in [3.8, 4) is 11.3 Å². The molecule has 0 atom stereocenters. The minimum absolute atomic E-state index is 0.0577. The summed E-state index contributed by atoms with van der Waals surface area (Å²) in [6, 6.07) is 7.73. The molecule has 0 aliphatic carbocycles. The lowest BCUT2D eigenvalue weighted by atomic mass is 9.82. The molecule has 1 heterocycles. The van der Waals surface area contributed by atoms with Gasteiger partial charge in [-0.15, -0.1) is 5.10 Å². The Bertz CT molecular complexity index is 640. The van der Waals surface area contributed by atoms with Crippen molar-refractivity contribution in [3.05, 3.63) is 30.5 Å². The highest BCUT2D eigenvalue weighted by atomic mass is 15.4. The number of nitrogen functional groups attached to an aromatic ring is 1. The van der Waals surface area contributed by atoms with Crippen molar-refractivity contribution >= 4 is 5.69 Å². The van der Waals surface area contributed by atoms with Gasteiger partial charge in [-0.05, 0) is 57.2 Å². The molecule has 0 amide bonds. The van der Waals surface area contributed by atoms with Crippen LogP contribution in [0.1, 0.15) is 53.4 Å². The third kappa shape index (κ3) is 4.81. The summed E-state index contributed by atoms with van der Waals surface area (Å²) < 4.78 is 1.98. The van der Waals surface area contributed by atoms with E-state index in [-0.39, 0.29) is 5.54 Å². The first kappa shape index (κ1) is 18.5. The van der Waals surface area contributed by atoms with Gasteiger partial charge >= 0.3 is 0 Å². The molecule has 0 aliphatic heterocycles. The summed E-state index contributed by atoms with van der Waals surface area (Å²) in [7, 11) is 0. The number of aromatic nitrogens is 3. The van der Waals surface area contributed by atoms with Crippen molar-refractivity contribution in [1.29, 1.82) is 0 Å². The maximum Gasteiger partial charge on any atom is 0.113 e. The van der Waals surface area contributed by atoms with Gasteiger partial charge in [-0.3, -0.25) is 0 Å². The van der Waals surface area contributed by atoms with Crippen LogP contribution in [0.15, 0.2) is 30.5 Å². The average Bonchev–Trinajstić information content (AvgIpc) is 2.98. The Morgan fingerprint density at radius 3 is 2.29 bits per heavy atom. The number of benzene rings is 1. The molecule has 0 radical (unpaired) electrons. The molecule has 0 unspecified atom stereocenters. The number of nitrogens with zero attached hydrogens (tertiary/aromatic N) is 3. The average molecular weight is 329 g/mol. The van der Waals surface area contributed by atoms with Gasteiger partial charge in [-0.2, -0.15) is 0 Å². The number of hydrogen-bond acceptors (Lipinski definition) is 4. The Kier molecular flexibility index (Phi) is 5.65. The van der Waals surface area contributed by atoms with E-state index >= 15 is 0 Å². The number of anilines is 1. The Labute approximate surface area is 145 Å². The van der Waals surface area contributed by atoms with Crippen molar-refractivity contribution in [2.45, 2.75) is 58.9 Å². The Hall–Kier alpha value is -1.88. The molecule has 4 N–H and O–H groups in total. The summed E-state index contributed by atoms with van der Waals surface area (Å²) in [5, 5.41) is 8.68. The molecule has 2 aromatic rings. The fraction of sp³-hybridized carbons (Fsp3) is 0.579. The summed E-state index contributed by atoms with van der Waals surface area (Å²) in [5.74, 6) is 0. The van der Waals surface area contributed by atoms with Crippen LogP contribution in [0.2, 0.25) is 0 Å². The molecule has 0 bridgehead atoms. The molecule has 0 saturated carbocycles. The lowest BCUT2D eigenvalue weighted by Gasteiger charge is -2.28. The van der Waals surface area contributed by atoms with Gasteiger partial charge in [0.15, 0.2) is 0 Å². The van der Waals surface area contributed by atoms with Crippen LogP contribution in [0.4, 0.5) is 5.69 Å². The molecule has 5 nitrogen and oxygen atoms in total. The Balaban J connectivity index is 2.01. The van der Waals surface area contributed by atoms with Crippen LogP contribution in [0, 0.1) is 5.41 Å². The largest absolute Gasteiger partial charge is 0.399 e. The molecular formula is C19H31N5. The highest BCUT2D eigenvalue weighted by Crippen LogP contribution is 2.31. The van der Waals surface area contributed by atoms with Crippen molar-refractivity contribution in [1.82, 2.24) is 15.0 Å². The molecule has 24 heavy (non-hydrogen) atoms. The van der Waals surface area contributed by atoms with E-state index in [1.807, 2.05) is 35.1 Å². The van der Waals surface area contributed by atoms with Gasteiger partial charge in [-0.1, -0.05) is 37.6 Å². The molecule has 1 aromatic carbocycles. The standard InChI is InChI=1S/C19H31N5/c1-18(2,12-13-20)10-5-11-19(3,4)24-14-17(22-23-24)15-6-8-16(21)9-7-15/h6-9,14H,5,10-13,20-21H2,1-4H3. The fourth-order valence-electron chi connectivity index (χ4n) is 2.98. The minimum Gasteiger partial charge on any atom is -0.399 e. The SMILES string of the molecule is CC(C)(CCN)CCCC(C)(C)n1cc(-c2ccc(N)cc2)nn1. The van der Waals surface area contributed by atoms with Gasteiger partial charge in [0.05, 0.1) is 11.7 Å². The lowest BCUT2D eigenvalue weighted by Crippen LogP contribution is -2.27. The van der Waals surface area contributed by atoms with E-state index in [2.05, 4.69) is 38.0 Å². The normalized spacial score (nSPS) is 12.5. The van der Waals surface area contributed by atoms with Gasteiger partial charge in [0.2, 0.25) is 0 Å². The zero-order valence-electron chi connectivity index (χ0n) is 15.4. The monoisotopic (exact) mass is 329 g/mol. The molecule has 132 valence electrons. The maximum absolute atomic E-state index is 5.74. The second kappa shape index (κ2) is 7.34. The number of hydrogen-bond donors (Lipinski definition) is 2. The predicted octanol–water partition coefficient (Wildman–Crippen LogP) is 3.81. The summed E-state index contributed by atoms with van der Waals surface area (Å²) in [5.41, 5.74) is 14.4. The van der Waals surface area contributed by atoms with E-state index in [1.165, 1.54) is 6.42 Å². The first-order valence-corrected chi connectivity index (χ1v) is 8.72. The molecule has 2 rings (SSSR count). The molecule has 0 aliphatic rings. The van der Waals surface area contributed by atoms with Crippen molar-refractivity contribution < 1.29 is 0 Å². The summed E-state index contributed by atoms with van der Waals surface area (Å²) in [4.78, 5) is 0. The molecular weight excluding hydrogens is 298 g/mol. The van der Waals surface area contributed by atoms with Crippen molar-refractivity contribution in [2.75, 3.05) is 12.3 Å². The fourth-order valence-corrected chi connectivity index (χ4v) is 2.98. The number of rotatable bonds is 8. The van der Waals surface area contributed by atoms with E-state index in [9.17, 15) is 0 Å². The molecule has 1 aromatic heterocycles. The van der Waals surface area contributed by atoms with Gasteiger partial charge in [0.25, 0.3) is 0 Å². The maximum atomic E-state index is 5.74. The zero-order chi connectivity index (χ0) is 17.8. The second-order valence-electron chi connectivity index (χ2n) is 8.04. The Morgan fingerprint density at radius 2 is 1.67 bits per heavy atom. The van der Waals surface area contributed by atoms with Crippen LogP contribution in [-0.4, -0.2) is 21.5 Å². The van der Waals surface area contributed by atoms with E-state index < -0.39 is 0 Å². The van der Waals surface area contributed by atoms with Gasteiger partial charge in [0.1, 0.15) is 5.69 Å². The van der Waals surface area contributed by atoms with E-state index in [0.29, 0.717) is 5.41 Å². The van der Waals surface area contributed by atoms with Crippen LogP contribution in [0.5, 0.6) is 0 Å². The van der Waals surface area contributed by atoms with Crippen molar-refractivity contribution in [2.24, 2.45) is 11.1 Å². The van der Waals surface area contributed by atoms with Crippen LogP contribution in [0.25, 0.3) is 11.3 Å². The Morgan fingerprint density at radius 1 is 1.00 bits per heavy atom. The molecule has 0 fully saturated rings. The highest BCUT2D eigenvalue weighted by Gasteiger charge is 2.24. The lowest BCUT2D eigenvalue weighted by molar-refractivity contribution is 0.241. The van der Waals surface area contributed by atoms with E-state index in [4.69, 9.17) is 11.5 Å². The number of nitrogens with two attached hydrogens (primary N) is 2. The molecule has 0 spiro atoms. The summed E-state index contributed by atoms with van der Waals surface area (Å²) in [6.45, 7) is 9.77. The quantitative estimate of drug-likeness (QED) is 0.721. The topological polar surface area (TPSA) is 82.8 Å². The predicted molar refractivity (Wildman–Crippen MR) is 100 cm³/mol. The highest BCUT2D eigenvalue weighted by molar-refractivity contribution is 5.60. The minimum atomic E-state index is -0.0577. The summed E-state index contributed by atoms with van der Waals surface area (Å²) >= 11 is 0. The van der Waals surface area contributed by atoms with Crippen LogP contribution < -0.4 is 11.5 Å². The zero-order valence-corrected chi connectivity index (χ0v) is 15.4. The first-order valence-electron chi connectivity index (χ1n) is 8.72. The first-order chi connectivity index (χ1) is 11.2. The third-order valence-corrected chi connectivity index (χ3v) is 4.78. The van der Waals surface area contributed by atoms with Crippen LogP contribution in [0.3, 0.4) is 0 Å². The smallest absolute Gasteiger partial charge is 0.113 e. The van der Waals surface area contributed by atoms with Gasteiger partial charge in [-0.25, -0.2) is 4.68 Å². The van der Waals surface area contributed by atoms with Gasteiger partial charge < -0.3 is 11.5 Å². The van der Waals surface area contributed by atoms with E-state index in [0.717, 1.165) is 42.8 Å².